The molecule has 100 valence electrons. The number of anilines is 1. The van der Waals surface area contributed by atoms with Gasteiger partial charge < -0.3 is 10.1 Å². The molecule has 0 aliphatic rings. The van der Waals surface area contributed by atoms with Gasteiger partial charge in [-0.25, -0.2) is 0 Å². The molecule has 1 rings (SSSR count). The number of carbonyl (C=O) groups excluding carboxylic acids is 1. The molecule has 0 radical (unpaired) electrons. The van der Waals surface area contributed by atoms with Crippen LogP contribution in [0.4, 0.5) is 5.69 Å². The van der Waals surface area contributed by atoms with E-state index < -0.39 is 0 Å². The third-order valence-electron chi connectivity index (χ3n) is 2.88. The Bertz CT molecular complexity index is 366. The van der Waals surface area contributed by atoms with Crippen molar-refractivity contribution in [3.8, 4) is 0 Å². The molecule has 0 aromatic heterocycles. The predicted octanol–water partition coefficient (Wildman–Crippen LogP) is 3.18. The van der Waals surface area contributed by atoms with Crippen LogP contribution in [0.5, 0.6) is 0 Å². The molecule has 0 bridgehead atoms. The molecule has 0 atom stereocenters. The number of hydrogen-bond donors (Lipinski definition) is 1. The number of hydrogen-bond acceptors (Lipinski definition) is 3. The van der Waals surface area contributed by atoms with Gasteiger partial charge in [-0.05, 0) is 30.4 Å². The maximum atomic E-state index is 11.5. The van der Waals surface area contributed by atoms with E-state index in [1.807, 2.05) is 6.92 Å². The topological polar surface area (TPSA) is 38.3 Å². The molecular weight excluding hydrogens is 226 g/mol. The first-order valence-electron chi connectivity index (χ1n) is 6.73. The first-order valence-corrected chi connectivity index (χ1v) is 6.73. The SMILES string of the molecule is CCCOC(=O)CNc1c(CC)cccc1CC. The molecule has 3 nitrogen and oxygen atoms in total. The van der Waals surface area contributed by atoms with E-state index in [1.54, 1.807) is 0 Å². The van der Waals surface area contributed by atoms with E-state index in [1.165, 1.54) is 11.1 Å². The van der Waals surface area contributed by atoms with Crippen LogP contribution in [0.15, 0.2) is 18.2 Å². The number of carbonyl (C=O) groups is 1. The number of para-hydroxylation sites is 1. The highest BCUT2D eigenvalue weighted by Gasteiger charge is 2.08. The summed E-state index contributed by atoms with van der Waals surface area (Å²) in [6.07, 6.45) is 2.78. The molecular formula is C15H23NO2. The van der Waals surface area contributed by atoms with Gasteiger partial charge in [0.1, 0.15) is 6.54 Å². The summed E-state index contributed by atoms with van der Waals surface area (Å²) >= 11 is 0. The van der Waals surface area contributed by atoms with Gasteiger partial charge in [-0.3, -0.25) is 4.79 Å². The molecule has 3 heteroatoms. The number of nitrogens with one attached hydrogen (secondary N) is 1. The number of rotatable bonds is 7. The van der Waals surface area contributed by atoms with Gasteiger partial charge in [0.15, 0.2) is 0 Å². The van der Waals surface area contributed by atoms with Gasteiger partial charge in [0.05, 0.1) is 6.61 Å². The summed E-state index contributed by atoms with van der Waals surface area (Å²) in [5.74, 6) is -0.190. The van der Waals surface area contributed by atoms with Gasteiger partial charge >= 0.3 is 5.97 Å². The summed E-state index contributed by atoms with van der Waals surface area (Å²) in [6.45, 7) is 6.97. The van der Waals surface area contributed by atoms with Crippen LogP contribution in [0.3, 0.4) is 0 Å². The fourth-order valence-corrected chi connectivity index (χ4v) is 1.90. The van der Waals surface area contributed by atoms with E-state index >= 15 is 0 Å². The predicted molar refractivity (Wildman–Crippen MR) is 74.9 cm³/mol. The molecule has 1 N–H and O–H groups in total. The van der Waals surface area contributed by atoms with Crippen molar-refractivity contribution < 1.29 is 9.53 Å². The summed E-state index contributed by atoms with van der Waals surface area (Å²) in [5, 5.41) is 3.22. The van der Waals surface area contributed by atoms with Crippen LogP contribution in [-0.4, -0.2) is 19.1 Å². The van der Waals surface area contributed by atoms with Crippen molar-refractivity contribution in [2.24, 2.45) is 0 Å². The van der Waals surface area contributed by atoms with Gasteiger partial charge in [0.25, 0.3) is 0 Å². The molecule has 0 aliphatic heterocycles. The minimum Gasteiger partial charge on any atom is -0.464 e. The van der Waals surface area contributed by atoms with Crippen LogP contribution >= 0.6 is 0 Å². The molecule has 0 aliphatic carbocycles. The normalized spacial score (nSPS) is 10.2. The van der Waals surface area contributed by atoms with E-state index in [2.05, 4.69) is 37.4 Å². The van der Waals surface area contributed by atoms with Gasteiger partial charge in [-0.2, -0.15) is 0 Å². The minimum absolute atomic E-state index is 0.190. The Morgan fingerprint density at radius 1 is 1.17 bits per heavy atom. The van der Waals surface area contributed by atoms with Crippen LogP contribution < -0.4 is 5.32 Å². The van der Waals surface area contributed by atoms with E-state index in [9.17, 15) is 4.79 Å². The first kappa shape index (κ1) is 14.6. The second kappa shape index (κ2) is 7.75. The van der Waals surface area contributed by atoms with Gasteiger partial charge in [0.2, 0.25) is 0 Å². The van der Waals surface area contributed by atoms with Crippen molar-refractivity contribution in [3.63, 3.8) is 0 Å². The highest BCUT2D eigenvalue weighted by atomic mass is 16.5. The van der Waals surface area contributed by atoms with E-state index in [0.29, 0.717) is 6.61 Å². The summed E-state index contributed by atoms with van der Waals surface area (Å²) in [4.78, 5) is 11.5. The maximum absolute atomic E-state index is 11.5. The molecule has 0 unspecified atom stereocenters. The summed E-state index contributed by atoms with van der Waals surface area (Å²) in [5.41, 5.74) is 3.59. The number of aryl methyl sites for hydroxylation is 2. The molecule has 0 saturated heterocycles. The lowest BCUT2D eigenvalue weighted by molar-refractivity contribution is -0.141. The van der Waals surface area contributed by atoms with Crippen molar-refractivity contribution in [2.75, 3.05) is 18.5 Å². The molecule has 0 spiro atoms. The van der Waals surface area contributed by atoms with Gasteiger partial charge in [0, 0.05) is 5.69 Å². The van der Waals surface area contributed by atoms with E-state index in [4.69, 9.17) is 4.74 Å². The van der Waals surface area contributed by atoms with Crippen LogP contribution in [0.1, 0.15) is 38.3 Å². The van der Waals surface area contributed by atoms with Crippen molar-refractivity contribution in [1.82, 2.24) is 0 Å². The molecule has 0 saturated carbocycles. The Hall–Kier alpha value is -1.51. The fraction of sp³-hybridized carbons (Fsp3) is 0.533. The standard InChI is InChI=1S/C15H23NO2/c1-4-10-18-14(17)11-16-15-12(5-2)8-7-9-13(15)6-3/h7-9,16H,4-6,10-11H2,1-3H3. The lowest BCUT2D eigenvalue weighted by Crippen LogP contribution is -2.18. The number of ether oxygens (including phenoxy) is 1. The van der Waals surface area contributed by atoms with Gasteiger partial charge in [-0.15, -0.1) is 0 Å². The molecule has 0 fully saturated rings. The van der Waals surface area contributed by atoms with Crippen LogP contribution in [0, 0.1) is 0 Å². The quantitative estimate of drug-likeness (QED) is 0.754. The van der Waals surface area contributed by atoms with Crippen LogP contribution in [0.2, 0.25) is 0 Å². The number of esters is 1. The zero-order chi connectivity index (χ0) is 13.4. The lowest BCUT2D eigenvalue weighted by atomic mass is 10.0. The second-order valence-corrected chi connectivity index (χ2v) is 4.23. The van der Waals surface area contributed by atoms with Crippen molar-refractivity contribution in [1.29, 1.82) is 0 Å². The highest BCUT2D eigenvalue weighted by molar-refractivity contribution is 5.76. The molecule has 0 amide bonds. The van der Waals surface area contributed by atoms with Crippen LogP contribution in [-0.2, 0) is 22.4 Å². The van der Waals surface area contributed by atoms with Crippen molar-refractivity contribution in [2.45, 2.75) is 40.0 Å². The van der Waals surface area contributed by atoms with Crippen molar-refractivity contribution in [3.05, 3.63) is 29.3 Å². The lowest BCUT2D eigenvalue weighted by Gasteiger charge is -2.14. The van der Waals surface area contributed by atoms with E-state index in [-0.39, 0.29) is 12.5 Å². The molecule has 0 heterocycles. The van der Waals surface area contributed by atoms with Gasteiger partial charge in [-0.1, -0.05) is 39.0 Å². The minimum atomic E-state index is -0.190. The zero-order valence-electron chi connectivity index (χ0n) is 11.6. The fourth-order valence-electron chi connectivity index (χ4n) is 1.90. The smallest absolute Gasteiger partial charge is 0.325 e. The Morgan fingerprint density at radius 3 is 2.28 bits per heavy atom. The van der Waals surface area contributed by atoms with Crippen molar-refractivity contribution >= 4 is 11.7 Å². The summed E-state index contributed by atoms with van der Waals surface area (Å²) < 4.78 is 5.06. The largest absolute Gasteiger partial charge is 0.464 e. The maximum Gasteiger partial charge on any atom is 0.325 e. The number of benzene rings is 1. The van der Waals surface area contributed by atoms with E-state index in [0.717, 1.165) is 24.9 Å². The summed E-state index contributed by atoms with van der Waals surface area (Å²) in [6, 6.07) is 6.26. The first-order chi connectivity index (χ1) is 8.72. The zero-order valence-corrected chi connectivity index (χ0v) is 11.6. The average molecular weight is 249 g/mol. The Labute approximate surface area is 110 Å². The third kappa shape index (κ3) is 4.06. The van der Waals surface area contributed by atoms with Crippen LogP contribution in [0.25, 0.3) is 0 Å². The molecule has 1 aromatic carbocycles. The summed E-state index contributed by atoms with van der Waals surface area (Å²) in [7, 11) is 0. The Kier molecular flexibility index (Phi) is 6.26. The Balaban J connectivity index is 2.68. The molecule has 18 heavy (non-hydrogen) atoms. The third-order valence-corrected chi connectivity index (χ3v) is 2.88. The second-order valence-electron chi connectivity index (χ2n) is 4.23. The monoisotopic (exact) mass is 249 g/mol. The molecule has 1 aromatic rings. The highest BCUT2D eigenvalue weighted by Crippen LogP contribution is 2.22. The Morgan fingerprint density at radius 2 is 1.78 bits per heavy atom. The average Bonchev–Trinajstić information content (AvgIpc) is 2.42.